The lowest BCUT2D eigenvalue weighted by molar-refractivity contribution is -0.146. The lowest BCUT2D eigenvalue weighted by atomic mass is 9.85. The van der Waals surface area contributed by atoms with E-state index in [0.29, 0.717) is 0 Å². The Morgan fingerprint density at radius 2 is 1.73 bits per heavy atom. The number of aromatic nitrogens is 2. The van der Waals surface area contributed by atoms with Crippen molar-refractivity contribution in [3.05, 3.63) is 59.4 Å². The molecule has 2 heterocycles. The van der Waals surface area contributed by atoms with Crippen molar-refractivity contribution in [3.8, 4) is 0 Å². The van der Waals surface area contributed by atoms with Crippen molar-refractivity contribution >= 4 is 28.8 Å². The Bertz CT molecular complexity index is 1280. The fourth-order valence-electron chi connectivity index (χ4n) is 6.32. The third kappa shape index (κ3) is 4.72. The Kier molecular flexibility index (Phi) is 7.22. The van der Waals surface area contributed by atoms with Crippen LogP contribution in [-0.4, -0.2) is 41.9 Å². The van der Waals surface area contributed by atoms with Gasteiger partial charge in [-0.3, -0.25) is 9.69 Å². The van der Waals surface area contributed by atoms with Crippen molar-refractivity contribution in [1.82, 2.24) is 9.55 Å². The van der Waals surface area contributed by atoms with Gasteiger partial charge in [0.1, 0.15) is 5.82 Å². The molecule has 0 radical (unpaired) electrons. The number of fused-ring (bicyclic) bond motifs is 3. The van der Waals surface area contributed by atoms with Gasteiger partial charge >= 0.3 is 12.1 Å². The third-order valence-electron chi connectivity index (χ3n) is 8.28. The van der Waals surface area contributed by atoms with Crippen molar-refractivity contribution in [2.24, 2.45) is 5.92 Å². The second-order valence-electron chi connectivity index (χ2n) is 10.6. The summed E-state index contributed by atoms with van der Waals surface area (Å²) < 4.78 is 12.6. The number of ether oxygens (including phenoxy) is 2. The summed E-state index contributed by atoms with van der Waals surface area (Å²) >= 11 is 0. The number of amides is 1. The molecule has 7 heteroatoms. The number of rotatable bonds is 5. The standard InChI is InChI=1S/C30H37N3O4/c1-19(18-21-8-6-5-7-9-21)28-31-27-24-15-10-20(2)32(30(35)37-4)25(24)16-17-26(27)33(28)23-13-11-22(12-14-23)29(34)36-3/h5-9,16-17,19-20,22-23H,10-15,18H2,1-4H3/t19?,20-,22?,23?/m0/s1. The lowest BCUT2D eigenvalue weighted by Gasteiger charge is -2.34. The van der Waals surface area contributed by atoms with Crippen LogP contribution in [0.15, 0.2) is 42.5 Å². The monoisotopic (exact) mass is 503 g/mol. The average Bonchev–Trinajstić information content (AvgIpc) is 3.33. The zero-order chi connectivity index (χ0) is 26.1. The van der Waals surface area contributed by atoms with Crippen LogP contribution >= 0.6 is 0 Å². The van der Waals surface area contributed by atoms with Crippen LogP contribution in [0, 0.1) is 5.92 Å². The molecule has 1 fully saturated rings. The van der Waals surface area contributed by atoms with Gasteiger partial charge < -0.3 is 14.0 Å². The van der Waals surface area contributed by atoms with Crippen molar-refractivity contribution in [1.29, 1.82) is 0 Å². The maximum absolute atomic E-state index is 12.7. The summed E-state index contributed by atoms with van der Waals surface area (Å²) in [6.07, 6.45) is 5.79. The minimum Gasteiger partial charge on any atom is -0.469 e. The van der Waals surface area contributed by atoms with Crippen LogP contribution in [0.4, 0.5) is 10.5 Å². The first kappa shape index (κ1) is 25.3. The first-order valence-corrected chi connectivity index (χ1v) is 13.5. The van der Waals surface area contributed by atoms with E-state index in [9.17, 15) is 9.59 Å². The van der Waals surface area contributed by atoms with E-state index in [1.807, 2.05) is 6.07 Å². The van der Waals surface area contributed by atoms with Crippen LogP contribution in [0.5, 0.6) is 0 Å². The van der Waals surface area contributed by atoms with Crippen molar-refractivity contribution in [2.45, 2.75) is 76.8 Å². The molecule has 0 saturated heterocycles. The first-order chi connectivity index (χ1) is 17.9. The highest BCUT2D eigenvalue weighted by atomic mass is 16.5. The molecule has 37 heavy (non-hydrogen) atoms. The number of methoxy groups -OCH3 is 2. The minimum atomic E-state index is -0.328. The van der Waals surface area contributed by atoms with Gasteiger partial charge in [0.2, 0.25) is 0 Å². The number of carbonyl (C=O) groups is 2. The number of imidazole rings is 1. The summed E-state index contributed by atoms with van der Waals surface area (Å²) in [6, 6.07) is 15.1. The molecule has 0 spiro atoms. The second kappa shape index (κ2) is 10.6. The Labute approximate surface area is 218 Å². The highest BCUT2D eigenvalue weighted by Gasteiger charge is 2.34. The minimum absolute atomic E-state index is 0.0240. The van der Waals surface area contributed by atoms with Crippen LogP contribution in [0.1, 0.15) is 74.9 Å². The topological polar surface area (TPSA) is 73.7 Å². The summed E-state index contributed by atoms with van der Waals surface area (Å²) in [5.41, 5.74) is 5.42. The molecular weight excluding hydrogens is 466 g/mol. The van der Waals surface area contributed by atoms with E-state index in [1.165, 1.54) is 19.8 Å². The summed E-state index contributed by atoms with van der Waals surface area (Å²) in [4.78, 5) is 31.9. The Balaban J connectivity index is 1.58. The summed E-state index contributed by atoms with van der Waals surface area (Å²) in [6.45, 7) is 4.32. The molecule has 5 rings (SSSR count). The third-order valence-corrected chi connectivity index (χ3v) is 8.28. The molecule has 0 bridgehead atoms. The van der Waals surface area contributed by atoms with Gasteiger partial charge in [0, 0.05) is 23.6 Å². The normalized spacial score (nSPS) is 22.4. The average molecular weight is 504 g/mol. The highest BCUT2D eigenvalue weighted by molar-refractivity contribution is 5.95. The maximum atomic E-state index is 12.7. The Hall–Kier alpha value is -3.35. The molecule has 7 nitrogen and oxygen atoms in total. The molecule has 1 aliphatic heterocycles. The van der Waals surface area contributed by atoms with E-state index < -0.39 is 0 Å². The number of esters is 1. The fourth-order valence-corrected chi connectivity index (χ4v) is 6.32. The molecule has 0 N–H and O–H groups in total. The zero-order valence-corrected chi connectivity index (χ0v) is 22.3. The Morgan fingerprint density at radius 3 is 2.41 bits per heavy atom. The van der Waals surface area contributed by atoms with Crippen molar-refractivity contribution in [3.63, 3.8) is 0 Å². The van der Waals surface area contributed by atoms with Crippen molar-refractivity contribution < 1.29 is 19.1 Å². The largest absolute Gasteiger partial charge is 0.469 e. The molecule has 2 aliphatic rings. The van der Waals surface area contributed by atoms with Gasteiger partial charge in [0.05, 0.1) is 36.9 Å². The van der Waals surface area contributed by atoms with Crippen molar-refractivity contribution in [2.75, 3.05) is 19.1 Å². The van der Waals surface area contributed by atoms with E-state index >= 15 is 0 Å². The van der Waals surface area contributed by atoms with Gasteiger partial charge in [-0.2, -0.15) is 0 Å². The van der Waals surface area contributed by atoms with E-state index in [2.05, 4.69) is 54.8 Å². The second-order valence-corrected chi connectivity index (χ2v) is 10.6. The van der Waals surface area contributed by atoms with E-state index in [-0.39, 0.29) is 36.0 Å². The molecule has 1 unspecified atom stereocenters. The van der Waals surface area contributed by atoms with Crippen LogP contribution < -0.4 is 4.90 Å². The molecule has 1 amide bonds. The van der Waals surface area contributed by atoms with Crippen LogP contribution in [-0.2, 0) is 27.1 Å². The summed E-state index contributed by atoms with van der Waals surface area (Å²) in [5, 5.41) is 0. The molecule has 196 valence electrons. The van der Waals surface area contributed by atoms with Gasteiger partial charge in [0.25, 0.3) is 0 Å². The van der Waals surface area contributed by atoms with Crippen LogP contribution in [0.2, 0.25) is 0 Å². The number of hydrogen-bond donors (Lipinski definition) is 0. The Morgan fingerprint density at radius 1 is 1.00 bits per heavy atom. The van der Waals surface area contributed by atoms with Gasteiger partial charge in [0.15, 0.2) is 0 Å². The van der Waals surface area contributed by atoms with Gasteiger partial charge in [-0.15, -0.1) is 0 Å². The van der Waals surface area contributed by atoms with Gasteiger partial charge in [-0.05, 0) is 69.6 Å². The van der Waals surface area contributed by atoms with Gasteiger partial charge in [-0.1, -0.05) is 37.3 Å². The number of benzene rings is 2. The van der Waals surface area contributed by atoms with E-state index in [1.54, 1.807) is 4.90 Å². The predicted molar refractivity (Wildman–Crippen MR) is 144 cm³/mol. The SMILES string of the molecule is COC(=O)C1CCC(n2c(C(C)Cc3ccccc3)nc3c4c(ccc32)N(C(=O)OC)[C@@H](C)CC4)CC1. The molecule has 1 aromatic heterocycles. The molecule has 3 aromatic rings. The number of carbonyl (C=O) groups excluding carboxylic acids is 2. The smallest absolute Gasteiger partial charge is 0.414 e. The highest BCUT2D eigenvalue weighted by Crippen LogP contribution is 2.42. The van der Waals surface area contributed by atoms with E-state index in [4.69, 9.17) is 14.5 Å². The first-order valence-electron chi connectivity index (χ1n) is 13.5. The quantitative estimate of drug-likeness (QED) is 0.388. The number of nitrogens with zero attached hydrogens (tertiary/aromatic N) is 3. The lowest BCUT2D eigenvalue weighted by Crippen LogP contribution is -2.42. The molecular formula is C30H37N3O4. The van der Waals surface area contributed by atoms with E-state index in [0.717, 1.165) is 73.1 Å². The number of hydrogen-bond acceptors (Lipinski definition) is 5. The maximum Gasteiger partial charge on any atom is 0.414 e. The predicted octanol–water partition coefficient (Wildman–Crippen LogP) is 6.19. The fraction of sp³-hybridized carbons (Fsp3) is 0.500. The zero-order valence-electron chi connectivity index (χ0n) is 22.3. The molecule has 2 aromatic carbocycles. The van der Waals surface area contributed by atoms with Crippen LogP contribution in [0.3, 0.4) is 0 Å². The summed E-state index contributed by atoms with van der Waals surface area (Å²) in [5.74, 6) is 1.17. The summed E-state index contributed by atoms with van der Waals surface area (Å²) in [7, 11) is 2.91. The molecule has 2 atom stereocenters. The molecule has 1 aliphatic carbocycles. The number of anilines is 1. The number of aryl methyl sites for hydroxylation is 1. The molecule has 1 saturated carbocycles. The van der Waals surface area contributed by atoms with Crippen LogP contribution in [0.25, 0.3) is 11.0 Å². The van der Waals surface area contributed by atoms with Gasteiger partial charge in [-0.25, -0.2) is 9.78 Å².